The van der Waals surface area contributed by atoms with Gasteiger partial charge in [-0.25, -0.2) is 0 Å². The van der Waals surface area contributed by atoms with Gasteiger partial charge in [-0.05, 0) is 47.5 Å². The summed E-state index contributed by atoms with van der Waals surface area (Å²) in [4.78, 5) is 0. The van der Waals surface area contributed by atoms with Gasteiger partial charge in [-0.2, -0.15) is 0 Å². The predicted octanol–water partition coefficient (Wildman–Crippen LogP) is 2.12. The lowest BCUT2D eigenvalue weighted by atomic mass is 10.2. The summed E-state index contributed by atoms with van der Waals surface area (Å²) in [6.45, 7) is 5.03. The summed E-state index contributed by atoms with van der Waals surface area (Å²) in [5.74, 6) is 1.05. The first-order chi connectivity index (χ1) is 9.62. The molecule has 114 valence electrons. The van der Waals surface area contributed by atoms with Gasteiger partial charge >= 0.3 is 0 Å². The number of halogens is 1. The van der Waals surface area contributed by atoms with Gasteiger partial charge in [-0.1, -0.05) is 0 Å². The number of benzene rings is 1. The first-order valence-electron chi connectivity index (χ1n) is 6.57. The van der Waals surface area contributed by atoms with Crippen LogP contribution in [0.4, 0.5) is 0 Å². The maximum absolute atomic E-state index is 9.71. The molecule has 1 rings (SSSR count). The van der Waals surface area contributed by atoms with Gasteiger partial charge < -0.3 is 24.4 Å². The Morgan fingerprint density at radius 3 is 2.50 bits per heavy atom. The van der Waals surface area contributed by atoms with Crippen LogP contribution < -0.4 is 9.47 Å². The van der Waals surface area contributed by atoms with E-state index >= 15 is 0 Å². The maximum Gasteiger partial charge on any atom is 0.175 e. The molecule has 5 nitrogen and oxygen atoms in total. The van der Waals surface area contributed by atoms with E-state index in [0.29, 0.717) is 29.2 Å². The van der Waals surface area contributed by atoms with Gasteiger partial charge in [0.1, 0.15) is 12.7 Å². The zero-order valence-corrected chi connectivity index (χ0v) is 13.4. The highest BCUT2D eigenvalue weighted by Crippen LogP contribution is 2.37. The van der Waals surface area contributed by atoms with Crippen molar-refractivity contribution in [1.82, 2.24) is 0 Å². The van der Waals surface area contributed by atoms with E-state index in [2.05, 4.69) is 15.9 Å². The average molecular weight is 349 g/mol. The Morgan fingerprint density at radius 2 is 1.90 bits per heavy atom. The summed E-state index contributed by atoms with van der Waals surface area (Å²) < 4.78 is 16.9. The van der Waals surface area contributed by atoms with Crippen molar-refractivity contribution < 1.29 is 24.4 Å². The first kappa shape index (κ1) is 17.2. The van der Waals surface area contributed by atoms with Crippen molar-refractivity contribution in [2.24, 2.45) is 0 Å². The molecule has 20 heavy (non-hydrogen) atoms. The topological polar surface area (TPSA) is 68.2 Å². The molecule has 0 aliphatic heterocycles. The fourth-order valence-corrected chi connectivity index (χ4v) is 2.20. The minimum atomic E-state index is -0.700. The van der Waals surface area contributed by atoms with Gasteiger partial charge in [0, 0.05) is 6.61 Å². The molecule has 0 heterocycles. The van der Waals surface area contributed by atoms with E-state index in [-0.39, 0.29) is 19.8 Å². The number of hydrogen-bond donors (Lipinski definition) is 2. The standard InChI is InChI=1S/C14H21BrO5/c1-3-18-8-11(17)9-20-14-12(15)5-10(7-16)6-13(14)19-4-2/h5-6,11,16-17H,3-4,7-9H2,1-2H3. The van der Waals surface area contributed by atoms with Crippen LogP contribution in [-0.4, -0.2) is 42.7 Å². The quantitative estimate of drug-likeness (QED) is 0.715. The van der Waals surface area contributed by atoms with Gasteiger partial charge in [-0.3, -0.25) is 0 Å². The van der Waals surface area contributed by atoms with Crippen LogP contribution in [0.25, 0.3) is 0 Å². The largest absolute Gasteiger partial charge is 0.490 e. The Labute approximate surface area is 127 Å². The second kappa shape index (κ2) is 9.18. The number of ether oxygens (including phenoxy) is 3. The van der Waals surface area contributed by atoms with Crippen LogP contribution in [-0.2, 0) is 11.3 Å². The molecule has 0 spiro atoms. The summed E-state index contributed by atoms with van der Waals surface area (Å²) in [7, 11) is 0. The Balaban J connectivity index is 2.76. The third-order valence-electron chi connectivity index (χ3n) is 2.49. The van der Waals surface area contributed by atoms with E-state index in [9.17, 15) is 10.2 Å². The SMILES string of the molecule is CCOCC(O)COc1c(Br)cc(CO)cc1OCC. The van der Waals surface area contributed by atoms with E-state index < -0.39 is 6.10 Å². The molecular weight excluding hydrogens is 328 g/mol. The molecule has 0 saturated heterocycles. The number of rotatable bonds is 9. The molecule has 1 aromatic rings. The van der Waals surface area contributed by atoms with Crippen LogP contribution in [0, 0.1) is 0 Å². The van der Waals surface area contributed by atoms with E-state index in [1.165, 1.54) is 0 Å². The average Bonchev–Trinajstić information content (AvgIpc) is 2.44. The van der Waals surface area contributed by atoms with Gasteiger partial charge in [0.05, 0.1) is 24.3 Å². The monoisotopic (exact) mass is 348 g/mol. The van der Waals surface area contributed by atoms with Crippen molar-refractivity contribution in [2.45, 2.75) is 26.6 Å². The number of aliphatic hydroxyl groups is 2. The molecule has 6 heteroatoms. The zero-order valence-electron chi connectivity index (χ0n) is 11.8. The van der Waals surface area contributed by atoms with Gasteiger partial charge in [0.15, 0.2) is 11.5 Å². The second-order valence-corrected chi connectivity index (χ2v) is 4.97. The summed E-state index contributed by atoms with van der Waals surface area (Å²) in [5, 5.41) is 18.9. The third kappa shape index (κ3) is 5.28. The fraction of sp³-hybridized carbons (Fsp3) is 0.571. The highest BCUT2D eigenvalue weighted by atomic mass is 79.9. The van der Waals surface area contributed by atoms with Crippen LogP contribution >= 0.6 is 15.9 Å². The summed E-state index contributed by atoms with van der Waals surface area (Å²) in [6.07, 6.45) is -0.700. The van der Waals surface area contributed by atoms with Crippen LogP contribution in [0.15, 0.2) is 16.6 Å². The molecule has 0 fully saturated rings. The molecule has 0 aliphatic rings. The van der Waals surface area contributed by atoms with Crippen molar-refractivity contribution in [3.8, 4) is 11.5 Å². The maximum atomic E-state index is 9.71. The third-order valence-corrected chi connectivity index (χ3v) is 3.08. The van der Waals surface area contributed by atoms with Crippen LogP contribution in [0.2, 0.25) is 0 Å². The molecule has 1 unspecified atom stereocenters. The molecule has 1 aromatic carbocycles. The molecule has 0 aliphatic carbocycles. The van der Waals surface area contributed by atoms with Crippen molar-refractivity contribution in [3.05, 3.63) is 22.2 Å². The van der Waals surface area contributed by atoms with E-state index in [0.717, 1.165) is 5.56 Å². The minimum absolute atomic E-state index is 0.0775. The highest BCUT2D eigenvalue weighted by molar-refractivity contribution is 9.10. The molecule has 0 amide bonds. The Kier molecular flexibility index (Phi) is 7.91. The highest BCUT2D eigenvalue weighted by Gasteiger charge is 2.14. The van der Waals surface area contributed by atoms with E-state index in [1.807, 2.05) is 13.8 Å². The Hall–Kier alpha value is -0.820. The van der Waals surface area contributed by atoms with Gasteiger partial charge in [-0.15, -0.1) is 0 Å². The summed E-state index contributed by atoms with van der Waals surface area (Å²) >= 11 is 3.38. The van der Waals surface area contributed by atoms with Crippen LogP contribution in [0.1, 0.15) is 19.4 Å². The van der Waals surface area contributed by atoms with Gasteiger partial charge in [0.2, 0.25) is 0 Å². The lowest BCUT2D eigenvalue weighted by molar-refractivity contribution is 0.0157. The van der Waals surface area contributed by atoms with Gasteiger partial charge in [0.25, 0.3) is 0 Å². The molecule has 0 radical (unpaired) electrons. The predicted molar refractivity (Wildman–Crippen MR) is 79.2 cm³/mol. The van der Waals surface area contributed by atoms with Crippen molar-refractivity contribution in [3.63, 3.8) is 0 Å². The summed E-state index contributed by atoms with van der Waals surface area (Å²) in [5.41, 5.74) is 0.725. The molecule has 0 aromatic heterocycles. The number of hydrogen-bond acceptors (Lipinski definition) is 5. The molecule has 2 N–H and O–H groups in total. The van der Waals surface area contributed by atoms with E-state index in [4.69, 9.17) is 14.2 Å². The normalized spacial score (nSPS) is 12.2. The first-order valence-corrected chi connectivity index (χ1v) is 7.36. The fourth-order valence-electron chi connectivity index (χ4n) is 1.60. The van der Waals surface area contributed by atoms with Crippen molar-refractivity contribution in [2.75, 3.05) is 26.4 Å². The minimum Gasteiger partial charge on any atom is -0.490 e. The molecule has 1 atom stereocenters. The molecule has 0 bridgehead atoms. The molecule has 0 saturated carbocycles. The van der Waals surface area contributed by atoms with Crippen LogP contribution in [0.3, 0.4) is 0 Å². The lowest BCUT2D eigenvalue weighted by Gasteiger charge is -2.17. The molecular formula is C14H21BrO5. The van der Waals surface area contributed by atoms with Crippen molar-refractivity contribution in [1.29, 1.82) is 0 Å². The van der Waals surface area contributed by atoms with E-state index in [1.54, 1.807) is 12.1 Å². The Morgan fingerprint density at radius 1 is 1.15 bits per heavy atom. The second-order valence-electron chi connectivity index (χ2n) is 4.12. The van der Waals surface area contributed by atoms with Crippen LogP contribution in [0.5, 0.6) is 11.5 Å². The lowest BCUT2D eigenvalue weighted by Crippen LogP contribution is -2.23. The number of aliphatic hydroxyl groups excluding tert-OH is 2. The summed E-state index contributed by atoms with van der Waals surface area (Å²) in [6, 6.07) is 3.48. The zero-order chi connectivity index (χ0) is 15.0. The van der Waals surface area contributed by atoms with Crippen molar-refractivity contribution >= 4 is 15.9 Å². The smallest absolute Gasteiger partial charge is 0.175 e. The Bertz CT molecular complexity index is 411.